The Hall–Kier alpha value is -4.38. The highest BCUT2D eigenvalue weighted by Crippen LogP contribution is 2.37. The second kappa shape index (κ2) is 15.2. The van der Waals surface area contributed by atoms with Crippen LogP contribution in [-0.4, -0.2) is 76.9 Å². The second-order valence-corrected chi connectivity index (χ2v) is 14.7. The van der Waals surface area contributed by atoms with E-state index < -0.39 is 6.09 Å². The van der Waals surface area contributed by atoms with Crippen molar-refractivity contribution in [2.75, 3.05) is 48.8 Å². The molecule has 1 aliphatic carbocycles. The molecule has 6 rings (SSSR count). The molecule has 2 fully saturated rings. The molecule has 3 amide bonds. The van der Waals surface area contributed by atoms with Crippen molar-refractivity contribution in [2.45, 2.75) is 85.9 Å². The minimum Gasteiger partial charge on any atom is -0.444 e. The molecule has 1 saturated heterocycles. The van der Waals surface area contributed by atoms with Gasteiger partial charge in [0.25, 0.3) is 5.91 Å². The van der Waals surface area contributed by atoms with Gasteiger partial charge in [-0.2, -0.15) is 4.68 Å². The average molecular weight is 684 g/mol. The summed E-state index contributed by atoms with van der Waals surface area (Å²) in [6.45, 7) is 14.9. The Bertz CT molecular complexity index is 1670. The molecular weight excluding hydrogens is 630 g/mol. The van der Waals surface area contributed by atoms with Crippen LogP contribution in [0.4, 0.5) is 26.8 Å². The van der Waals surface area contributed by atoms with E-state index in [1.54, 1.807) is 4.90 Å². The molecule has 0 unspecified atom stereocenters. The zero-order valence-corrected chi connectivity index (χ0v) is 30.5. The number of likely N-dealkylation sites (N-methyl/N-ethyl adjacent to an activating group) is 1. The molecule has 1 aromatic heterocycles. The van der Waals surface area contributed by atoms with Crippen LogP contribution in [0, 0.1) is 17.8 Å². The van der Waals surface area contributed by atoms with Crippen LogP contribution >= 0.6 is 0 Å². The summed E-state index contributed by atoms with van der Waals surface area (Å²) < 4.78 is 7.47. The SMILES string of the molecule is CCc1cccc(CC)c1NC(=O)N1Cc2c(NC(=O)c3ccc(N4CCN(C)CC4)cc3)nn(C(=O)O[C@@H]3C[C@H](C)CC[C@H]3C(C)C)c2C1. The number of hydrogen-bond acceptors (Lipinski definition) is 7. The number of fused-ring (bicyclic) bond motifs is 1. The first-order valence-corrected chi connectivity index (χ1v) is 18.4. The fourth-order valence-corrected chi connectivity index (χ4v) is 7.72. The molecule has 11 nitrogen and oxygen atoms in total. The van der Waals surface area contributed by atoms with E-state index in [9.17, 15) is 14.4 Å². The number of aryl methyl sites for hydroxylation is 2. The number of benzene rings is 2. The molecule has 268 valence electrons. The maximum Gasteiger partial charge on any atom is 0.435 e. The normalized spacial score (nSPS) is 20.9. The van der Waals surface area contributed by atoms with Gasteiger partial charge >= 0.3 is 12.1 Å². The number of carbonyl (C=O) groups excluding carboxylic acids is 3. The fraction of sp³-hybridized carbons (Fsp3) is 0.538. The number of aromatic nitrogens is 2. The molecular formula is C39H53N7O4. The van der Waals surface area contributed by atoms with Gasteiger partial charge in [0.05, 0.1) is 18.8 Å². The van der Waals surface area contributed by atoms with Gasteiger partial charge in [0.15, 0.2) is 5.82 Å². The van der Waals surface area contributed by atoms with E-state index in [4.69, 9.17) is 4.74 Å². The molecule has 2 N–H and O–H groups in total. The molecule has 2 aromatic carbocycles. The molecule has 0 spiro atoms. The molecule has 1 saturated carbocycles. The lowest BCUT2D eigenvalue weighted by atomic mass is 9.75. The first-order valence-electron chi connectivity index (χ1n) is 18.4. The highest BCUT2D eigenvalue weighted by Gasteiger charge is 2.37. The molecule has 3 heterocycles. The van der Waals surface area contributed by atoms with Crippen molar-refractivity contribution in [3.05, 3.63) is 70.4 Å². The average Bonchev–Trinajstić information content (AvgIpc) is 3.69. The number of carbonyl (C=O) groups is 3. The Morgan fingerprint density at radius 1 is 0.920 bits per heavy atom. The summed E-state index contributed by atoms with van der Waals surface area (Å²) in [4.78, 5) is 47.6. The van der Waals surface area contributed by atoms with Crippen LogP contribution < -0.4 is 15.5 Å². The number of rotatable bonds is 8. The number of amides is 3. The smallest absolute Gasteiger partial charge is 0.435 e. The fourth-order valence-electron chi connectivity index (χ4n) is 7.72. The third kappa shape index (κ3) is 7.52. The molecule has 0 radical (unpaired) electrons. The highest BCUT2D eigenvalue weighted by atomic mass is 16.6. The largest absolute Gasteiger partial charge is 0.444 e. The van der Waals surface area contributed by atoms with Crippen molar-refractivity contribution in [3.8, 4) is 0 Å². The summed E-state index contributed by atoms with van der Waals surface area (Å²) in [7, 11) is 2.13. The monoisotopic (exact) mass is 683 g/mol. The van der Waals surface area contributed by atoms with Crippen LogP contribution in [0.1, 0.15) is 86.6 Å². The van der Waals surface area contributed by atoms with Gasteiger partial charge in [-0.1, -0.05) is 59.2 Å². The third-order valence-electron chi connectivity index (χ3n) is 10.9. The Kier molecular flexibility index (Phi) is 10.8. The van der Waals surface area contributed by atoms with E-state index in [2.05, 4.69) is 67.2 Å². The predicted molar refractivity (Wildman–Crippen MR) is 197 cm³/mol. The van der Waals surface area contributed by atoms with Crippen molar-refractivity contribution in [1.29, 1.82) is 0 Å². The van der Waals surface area contributed by atoms with E-state index >= 15 is 0 Å². The van der Waals surface area contributed by atoms with Crippen molar-refractivity contribution in [3.63, 3.8) is 0 Å². The second-order valence-electron chi connectivity index (χ2n) is 14.7. The van der Waals surface area contributed by atoms with Gasteiger partial charge < -0.3 is 30.1 Å². The number of nitrogens with one attached hydrogen (secondary N) is 2. The van der Waals surface area contributed by atoms with E-state index in [1.807, 2.05) is 42.5 Å². The Morgan fingerprint density at radius 3 is 2.24 bits per heavy atom. The van der Waals surface area contributed by atoms with Crippen molar-refractivity contribution in [2.24, 2.45) is 17.8 Å². The first-order chi connectivity index (χ1) is 24.1. The van der Waals surface area contributed by atoms with Gasteiger partial charge in [0.1, 0.15) is 6.10 Å². The molecule has 11 heteroatoms. The maximum atomic E-state index is 13.9. The summed E-state index contributed by atoms with van der Waals surface area (Å²) in [6, 6.07) is 13.4. The van der Waals surface area contributed by atoms with Crippen LogP contribution in [0.5, 0.6) is 0 Å². The maximum absolute atomic E-state index is 13.9. The predicted octanol–water partition coefficient (Wildman–Crippen LogP) is 7.01. The van der Waals surface area contributed by atoms with Gasteiger partial charge in [-0.25, -0.2) is 9.59 Å². The molecule has 3 aromatic rings. The Morgan fingerprint density at radius 2 is 1.60 bits per heavy atom. The number of nitrogens with zero attached hydrogens (tertiary/aromatic N) is 5. The van der Waals surface area contributed by atoms with Gasteiger partial charge in [-0.3, -0.25) is 4.79 Å². The highest BCUT2D eigenvalue weighted by molar-refractivity contribution is 6.04. The molecule has 3 aliphatic rings. The van der Waals surface area contributed by atoms with Gasteiger partial charge in [0, 0.05) is 48.7 Å². The van der Waals surface area contributed by atoms with Crippen LogP contribution in [-0.2, 0) is 30.7 Å². The van der Waals surface area contributed by atoms with Crippen molar-refractivity contribution in [1.82, 2.24) is 19.6 Å². The Labute approximate surface area is 296 Å². The lowest BCUT2D eigenvalue weighted by Crippen LogP contribution is -2.44. The van der Waals surface area contributed by atoms with Gasteiger partial charge in [-0.05, 0) is 85.9 Å². The lowest BCUT2D eigenvalue weighted by molar-refractivity contribution is 0.00513. The summed E-state index contributed by atoms with van der Waals surface area (Å²) >= 11 is 0. The van der Waals surface area contributed by atoms with E-state index in [-0.39, 0.29) is 42.9 Å². The summed E-state index contributed by atoms with van der Waals surface area (Å²) in [6.07, 6.45) is 3.71. The number of piperazine rings is 1. The lowest BCUT2D eigenvalue weighted by Gasteiger charge is -2.36. The standard InChI is InChI=1S/C39H53N7O4/c1-7-27-10-9-11-28(8-2)35(27)40-38(48)45-23-32-33(24-45)46(39(49)50-34-22-26(5)12-17-31(34)25(3)4)42-36(32)41-37(47)29-13-15-30(16-14-29)44-20-18-43(6)19-21-44/h9-11,13-16,25-26,31,34H,7-8,12,17-24H2,1-6H3,(H,40,48)(H,41,42,47)/t26-,31+,34-/m1/s1. The summed E-state index contributed by atoms with van der Waals surface area (Å²) in [5.74, 6) is 1.03. The van der Waals surface area contributed by atoms with Crippen LogP contribution in [0.2, 0.25) is 0 Å². The zero-order valence-electron chi connectivity index (χ0n) is 30.5. The first kappa shape index (κ1) is 35.4. The number of urea groups is 1. The molecule has 0 bridgehead atoms. The van der Waals surface area contributed by atoms with Crippen LogP contribution in [0.15, 0.2) is 42.5 Å². The number of hydrogen-bond donors (Lipinski definition) is 2. The minimum absolute atomic E-state index is 0.156. The summed E-state index contributed by atoms with van der Waals surface area (Å²) in [5, 5.41) is 10.7. The minimum atomic E-state index is -0.574. The number of anilines is 3. The van der Waals surface area contributed by atoms with Crippen molar-refractivity contribution < 1.29 is 19.1 Å². The Balaban J connectivity index is 1.24. The van der Waals surface area contributed by atoms with Gasteiger partial charge in [0.2, 0.25) is 0 Å². The van der Waals surface area contributed by atoms with Crippen LogP contribution in [0.3, 0.4) is 0 Å². The molecule has 50 heavy (non-hydrogen) atoms. The van der Waals surface area contributed by atoms with Crippen molar-refractivity contribution >= 4 is 35.2 Å². The van der Waals surface area contributed by atoms with E-state index in [1.165, 1.54) is 4.68 Å². The quantitative estimate of drug-likeness (QED) is 0.263. The topological polar surface area (TPSA) is 112 Å². The van der Waals surface area contributed by atoms with Crippen LogP contribution in [0.25, 0.3) is 0 Å². The number of ether oxygens (including phenoxy) is 1. The van der Waals surface area contributed by atoms with E-state index in [0.29, 0.717) is 28.7 Å². The molecule has 3 atom stereocenters. The summed E-state index contributed by atoms with van der Waals surface area (Å²) in [5.41, 5.74) is 5.72. The van der Waals surface area contributed by atoms with Gasteiger partial charge in [-0.15, -0.1) is 5.10 Å². The third-order valence-corrected chi connectivity index (χ3v) is 10.9. The zero-order chi connectivity index (χ0) is 35.5. The van der Waals surface area contributed by atoms with E-state index in [0.717, 1.165) is 80.8 Å². The number of para-hydroxylation sites is 1. The molecule has 2 aliphatic heterocycles.